The monoisotopic (exact) mass is 530 g/mol. The number of benzene rings is 1. The summed E-state index contributed by atoms with van der Waals surface area (Å²) in [6.07, 6.45) is 11.6. The van der Waals surface area contributed by atoms with E-state index in [2.05, 4.69) is 11.9 Å². The van der Waals surface area contributed by atoms with Gasteiger partial charge in [-0.25, -0.2) is 9.78 Å². The summed E-state index contributed by atoms with van der Waals surface area (Å²) in [5.74, 6) is -1.36. The van der Waals surface area contributed by atoms with Crippen molar-refractivity contribution in [3.8, 4) is 5.75 Å². The number of para-hydroxylation sites is 1. The Kier molecular flexibility index (Phi) is 14.6. The van der Waals surface area contributed by atoms with Gasteiger partial charge in [0.25, 0.3) is 0 Å². The fraction of sp³-hybridized carbons (Fsp3) is 0.586. The lowest BCUT2D eigenvalue weighted by Gasteiger charge is -2.24. The maximum absolute atomic E-state index is 12.9. The van der Waals surface area contributed by atoms with E-state index in [1.165, 1.54) is 25.7 Å². The smallest absolute Gasteiger partial charge is 0.465 e. The Labute approximate surface area is 225 Å². The Hall–Kier alpha value is -3.36. The molecule has 1 heterocycles. The van der Waals surface area contributed by atoms with Gasteiger partial charge < -0.3 is 23.5 Å². The van der Waals surface area contributed by atoms with Crippen molar-refractivity contribution < 1.29 is 33.3 Å². The third kappa shape index (κ3) is 11.8. The Balaban J connectivity index is 1.85. The van der Waals surface area contributed by atoms with Crippen LogP contribution in [0.1, 0.15) is 77.3 Å². The van der Waals surface area contributed by atoms with Crippen LogP contribution < -0.4 is 4.74 Å². The van der Waals surface area contributed by atoms with Gasteiger partial charge >= 0.3 is 18.1 Å². The van der Waals surface area contributed by atoms with Crippen LogP contribution in [0.25, 0.3) is 0 Å². The summed E-state index contributed by atoms with van der Waals surface area (Å²) in [5, 5.41) is 0. The number of nitrogens with zero attached hydrogens (tertiary/aromatic N) is 2. The number of carbonyl (C=O) groups is 3. The molecule has 0 aliphatic rings. The van der Waals surface area contributed by atoms with Crippen LogP contribution in [0.2, 0.25) is 0 Å². The summed E-state index contributed by atoms with van der Waals surface area (Å²) >= 11 is 0. The van der Waals surface area contributed by atoms with Gasteiger partial charge in [0.15, 0.2) is 0 Å². The van der Waals surface area contributed by atoms with Gasteiger partial charge in [0.1, 0.15) is 5.75 Å². The Morgan fingerprint density at radius 3 is 2.29 bits per heavy atom. The number of esters is 2. The van der Waals surface area contributed by atoms with E-state index in [0.29, 0.717) is 25.0 Å². The first-order valence-corrected chi connectivity index (χ1v) is 13.6. The molecule has 1 aromatic heterocycles. The van der Waals surface area contributed by atoms with E-state index in [4.69, 9.17) is 18.9 Å². The molecule has 0 aliphatic heterocycles. The number of aryl methyl sites for hydroxylation is 1. The Morgan fingerprint density at radius 1 is 0.921 bits per heavy atom. The number of hydrogen-bond acceptors (Lipinski definition) is 8. The zero-order valence-electron chi connectivity index (χ0n) is 22.9. The van der Waals surface area contributed by atoms with Crippen LogP contribution in [0.15, 0.2) is 42.9 Å². The van der Waals surface area contributed by atoms with Gasteiger partial charge in [-0.15, -0.1) is 0 Å². The molecule has 0 bridgehead atoms. The van der Waals surface area contributed by atoms with Gasteiger partial charge in [0.2, 0.25) is 6.79 Å². The summed E-state index contributed by atoms with van der Waals surface area (Å²) in [6, 6.07) is 8.45. The van der Waals surface area contributed by atoms with Crippen molar-refractivity contribution in [2.75, 3.05) is 13.4 Å². The number of imidazole rings is 1. The number of hydrogen-bond donors (Lipinski definition) is 0. The SMILES string of the molecule is CCCCCCCCCC(=O)OCC(Cc1cncn1C)C(CC)C(=O)OCOC(=O)Oc1ccccc1. The fourth-order valence-corrected chi connectivity index (χ4v) is 4.22. The van der Waals surface area contributed by atoms with Crippen LogP contribution in [0, 0.1) is 11.8 Å². The summed E-state index contributed by atoms with van der Waals surface area (Å²) in [6.45, 7) is 3.58. The van der Waals surface area contributed by atoms with E-state index >= 15 is 0 Å². The molecule has 0 amide bonds. The van der Waals surface area contributed by atoms with E-state index in [9.17, 15) is 14.4 Å². The second-order valence-corrected chi connectivity index (χ2v) is 9.42. The first kappa shape index (κ1) is 30.9. The standard InChI is InChI=1S/C29H42N2O7/c1-4-6-7-8-9-10-14-17-27(32)35-20-23(18-24-19-30-21-31(24)3)26(5-2)28(33)36-22-37-29(34)38-25-15-12-11-13-16-25/h11-13,15-16,19,21,23,26H,4-10,14,17-18,20,22H2,1-3H3. The molecule has 0 spiro atoms. The molecule has 1 aromatic carbocycles. The predicted molar refractivity (Wildman–Crippen MR) is 142 cm³/mol. The number of ether oxygens (including phenoxy) is 4. The fourth-order valence-electron chi connectivity index (χ4n) is 4.22. The zero-order chi connectivity index (χ0) is 27.6. The molecule has 2 aromatic rings. The van der Waals surface area contributed by atoms with Gasteiger partial charge in [0, 0.05) is 31.3 Å². The average Bonchev–Trinajstić information content (AvgIpc) is 3.31. The highest BCUT2D eigenvalue weighted by molar-refractivity contribution is 5.73. The van der Waals surface area contributed by atoms with Crippen LogP contribution in [0.5, 0.6) is 5.75 Å². The highest BCUT2D eigenvalue weighted by atomic mass is 16.8. The number of carbonyl (C=O) groups excluding carboxylic acids is 3. The van der Waals surface area contributed by atoms with Gasteiger partial charge in [0.05, 0.1) is 18.9 Å². The average molecular weight is 531 g/mol. The maximum atomic E-state index is 12.9. The molecule has 0 radical (unpaired) electrons. The minimum atomic E-state index is -0.970. The number of rotatable bonds is 18. The molecule has 38 heavy (non-hydrogen) atoms. The predicted octanol–water partition coefficient (Wildman–Crippen LogP) is 6.01. The van der Waals surface area contributed by atoms with Crippen LogP contribution in [-0.4, -0.2) is 41.0 Å². The molecule has 2 atom stereocenters. The number of aromatic nitrogens is 2. The molecular formula is C29H42N2O7. The molecule has 210 valence electrons. The van der Waals surface area contributed by atoms with Crippen molar-refractivity contribution in [3.05, 3.63) is 48.5 Å². The van der Waals surface area contributed by atoms with E-state index < -0.39 is 24.8 Å². The highest BCUT2D eigenvalue weighted by Gasteiger charge is 2.30. The third-order valence-electron chi connectivity index (χ3n) is 6.46. The minimum Gasteiger partial charge on any atom is -0.465 e. The summed E-state index contributed by atoms with van der Waals surface area (Å²) in [7, 11) is 1.87. The molecule has 9 heteroatoms. The van der Waals surface area contributed by atoms with E-state index in [1.807, 2.05) is 18.5 Å². The van der Waals surface area contributed by atoms with Crippen LogP contribution in [-0.2, 0) is 37.3 Å². The third-order valence-corrected chi connectivity index (χ3v) is 6.46. The topological polar surface area (TPSA) is 106 Å². The summed E-state index contributed by atoms with van der Waals surface area (Å²) < 4.78 is 22.6. The van der Waals surface area contributed by atoms with Gasteiger partial charge in [-0.2, -0.15) is 0 Å². The van der Waals surface area contributed by atoms with Gasteiger partial charge in [-0.3, -0.25) is 9.59 Å². The molecular weight excluding hydrogens is 488 g/mol. The first-order chi connectivity index (χ1) is 18.4. The molecule has 2 rings (SSSR count). The summed E-state index contributed by atoms with van der Waals surface area (Å²) in [5.41, 5.74) is 0.909. The van der Waals surface area contributed by atoms with Crippen LogP contribution in [0.4, 0.5) is 4.79 Å². The molecule has 0 saturated carbocycles. The van der Waals surface area contributed by atoms with E-state index in [0.717, 1.165) is 25.0 Å². The van der Waals surface area contributed by atoms with Gasteiger partial charge in [-0.05, 0) is 31.4 Å². The molecule has 0 aliphatic carbocycles. The maximum Gasteiger partial charge on any atom is 0.516 e. The minimum absolute atomic E-state index is 0.0883. The van der Waals surface area contributed by atoms with Crippen molar-refractivity contribution in [2.45, 2.75) is 78.1 Å². The highest BCUT2D eigenvalue weighted by Crippen LogP contribution is 2.23. The van der Waals surface area contributed by atoms with Gasteiger partial charge in [-0.1, -0.05) is 70.6 Å². The van der Waals surface area contributed by atoms with Crippen LogP contribution in [0.3, 0.4) is 0 Å². The Bertz CT molecular complexity index is 961. The lowest BCUT2D eigenvalue weighted by Crippen LogP contribution is -2.32. The lowest BCUT2D eigenvalue weighted by atomic mass is 9.87. The second kappa shape index (κ2) is 18.0. The van der Waals surface area contributed by atoms with E-state index in [-0.39, 0.29) is 18.5 Å². The van der Waals surface area contributed by atoms with E-state index in [1.54, 1.807) is 42.9 Å². The zero-order valence-corrected chi connectivity index (χ0v) is 22.9. The molecule has 9 nitrogen and oxygen atoms in total. The van der Waals surface area contributed by atoms with Crippen molar-refractivity contribution >= 4 is 18.1 Å². The quantitative estimate of drug-likeness (QED) is 0.0999. The van der Waals surface area contributed by atoms with Crippen molar-refractivity contribution in [2.24, 2.45) is 18.9 Å². The second-order valence-electron chi connectivity index (χ2n) is 9.42. The molecule has 0 N–H and O–H groups in total. The first-order valence-electron chi connectivity index (χ1n) is 13.6. The largest absolute Gasteiger partial charge is 0.516 e. The molecule has 0 saturated heterocycles. The Morgan fingerprint density at radius 2 is 1.63 bits per heavy atom. The summed E-state index contributed by atoms with van der Waals surface area (Å²) in [4.78, 5) is 41.3. The lowest BCUT2D eigenvalue weighted by molar-refractivity contribution is -0.162. The van der Waals surface area contributed by atoms with Crippen LogP contribution >= 0.6 is 0 Å². The normalized spacial score (nSPS) is 12.4. The molecule has 0 fully saturated rings. The van der Waals surface area contributed by atoms with Crippen molar-refractivity contribution in [1.29, 1.82) is 0 Å². The van der Waals surface area contributed by atoms with Crippen molar-refractivity contribution in [1.82, 2.24) is 9.55 Å². The molecule has 2 unspecified atom stereocenters. The number of unbranched alkanes of at least 4 members (excludes halogenated alkanes) is 6. The van der Waals surface area contributed by atoms with Crippen molar-refractivity contribution in [3.63, 3.8) is 0 Å².